The first-order chi connectivity index (χ1) is 9.56. The number of methoxy groups -OCH3 is 1. The molecule has 6 heteroatoms. The highest BCUT2D eigenvalue weighted by atomic mass is 19.1. The molecular formula is C14H11F2NO3. The molecule has 0 aliphatic carbocycles. The van der Waals surface area contributed by atoms with E-state index in [0.29, 0.717) is 5.56 Å². The van der Waals surface area contributed by atoms with Crippen molar-refractivity contribution in [2.75, 3.05) is 7.11 Å². The molecule has 1 N–H and O–H groups in total. The summed E-state index contributed by atoms with van der Waals surface area (Å²) in [4.78, 5) is 14.6. The molecule has 0 saturated carbocycles. The van der Waals surface area contributed by atoms with E-state index < -0.39 is 24.3 Å². The Morgan fingerprint density at radius 1 is 1.30 bits per heavy atom. The van der Waals surface area contributed by atoms with Gasteiger partial charge in [0.25, 0.3) is 0 Å². The molecule has 1 heterocycles. The number of nitrogens with zero attached hydrogens (tertiary/aromatic N) is 1. The minimum Gasteiger partial charge on any atom is -0.465 e. The van der Waals surface area contributed by atoms with Gasteiger partial charge in [0.05, 0.1) is 25.5 Å². The van der Waals surface area contributed by atoms with E-state index in [-0.39, 0.29) is 16.7 Å². The first-order valence-corrected chi connectivity index (χ1v) is 5.70. The van der Waals surface area contributed by atoms with E-state index in [9.17, 15) is 18.7 Å². The third-order valence-electron chi connectivity index (χ3n) is 2.81. The van der Waals surface area contributed by atoms with Crippen LogP contribution in [-0.2, 0) is 11.3 Å². The van der Waals surface area contributed by atoms with Crippen molar-refractivity contribution in [2.45, 2.75) is 6.61 Å². The molecule has 0 unspecified atom stereocenters. The monoisotopic (exact) mass is 279 g/mol. The molecule has 104 valence electrons. The first kappa shape index (κ1) is 14.1. The van der Waals surface area contributed by atoms with Crippen molar-refractivity contribution in [3.05, 3.63) is 53.4 Å². The Labute approximate surface area is 113 Å². The minimum atomic E-state index is -0.831. The lowest BCUT2D eigenvalue weighted by atomic mass is 9.98. The molecule has 4 nitrogen and oxygen atoms in total. The summed E-state index contributed by atoms with van der Waals surface area (Å²) in [7, 11) is 1.23. The van der Waals surface area contributed by atoms with Gasteiger partial charge < -0.3 is 9.84 Å². The normalized spacial score (nSPS) is 10.4. The molecular weight excluding hydrogens is 268 g/mol. The number of esters is 1. The predicted octanol–water partition coefficient (Wildman–Crippen LogP) is 2.31. The molecule has 0 aliphatic rings. The summed E-state index contributed by atoms with van der Waals surface area (Å²) in [6.45, 7) is -0.427. The Bertz CT molecular complexity index is 659. The zero-order chi connectivity index (χ0) is 14.7. The molecule has 20 heavy (non-hydrogen) atoms. The van der Waals surface area contributed by atoms with Gasteiger partial charge in [-0.15, -0.1) is 0 Å². The smallest absolute Gasteiger partial charge is 0.337 e. The Balaban J connectivity index is 2.57. The summed E-state index contributed by atoms with van der Waals surface area (Å²) < 4.78 is 31.4. The number of benzene rings is 1. The molecule has 0 fully saturated rings. The fraction of sp³-hybridized carbons (Fsp3) is 0.143. The number of rotatable bonds is 3. The minimum absolute atomic E-state index is 0.0297. The van der Waals surface area contributed by atoms with Gasteiger partial charge in [0.1, 0.15) is 5.82 Å². The molecule has 0 spiro atoms. The lowest BCUT2D eigenvalue weighted by Gasteiger charge is -2.10. The molecule has 0 amide bonds. The maximum Gasteiger partial charge on any atom is 0.337 e. The second-order valence-electron chi connectivity index (χ2n) is 4.01. The lowest BCUT2D eigenvalue weighted by Crippen LogP contribution is -2.03. The van der Waals surface area contributed by atoms with Crippen LogP contribution in [0.25, 0.3) is 11.1 Å². The van der Waals surface area contributed by atoms with E-state index >= 15 is 0 Å². The second-order valence-corrected chi connectivity index (χ2v) is 4.01. The molecule has 0 aliphatic heterocycles. The highest BCUT2D eigenvalue weighted by molar-refractivity contribution is 5.90. The standard InChI is InChI=1S/C14H11F2NO3/c1-20-14(19)8-2-3-10(9(4-8)7-18)11-5-13(16)17-6-12(11)15/h2-6,18H,7H2,1H3. The number of carbonyl (C=O) groups is 1. The highest BCUT2D eigenvalue weighted by Crippen LogP contribution is 2.27. The van der Waals surface area contributed by atoms with Gasteiger partial charge in [0.2, 0.25) is 5.95 Å². The van der Waals surface area contributed by atoms with Gasteiger partial charge in [0.15, 0.2) is 0 Å². The van der Waals surface area contributed by atoms with Crippen molar-refractivity contribution in [3.8, 4) is 11.1 Å². The lowest BCUT2D eigenvalue weighted by molar-refractivity contribution is 0.0600. The molecule has 1 aromatic carbocycles. The number of aliphatic hydroxyl groups excluding tert-OH is 1. The van der Waals surface area contributed by atoms with Gasteiger partial charge >= 0.3 is 5.97 Å². The largest absolute Gasteiger partial charge is 0.465 e. The van der Waals surface area contributed by atoms with Gasteiger partial charge in [0, 0.05) is 11.6 Å². The van der Waals surface area contributed by atoms with E-state index in [1.165, 1.54) is 25.3 Å². The van der Waals surface area contributed by atoms with Crippen LogP contribution in [0.4, 0.5) is 8.78 Å². The number of carbonyl (C=O) groups excluding carboxylic acids is 1. The number of hydrogen-bond acceptors (Lipinski definition) is 4. The first-order valence-electron chi connectivity index (χ1n) is 5.70. The van der Waals surface area contributed by atoms with Gasteiger partial charge in [-0.1, -0.05) is 6.07 Å². The summed E-state index contributed by atoms with van der Waals surface area (Å²) in [5, 5.41) is 9.33. The summed E-state index contributed by atoms with van der Waals surface area (Å²) in [6.07, 6.45) is 0.764. The van der Waals surface area contributed by atoms with Crippen LogP contribution in [-0.4, -0.2) is 23.2 Å². The Hall–Kier alpha value is -2.34. The number of halogens is 2. The number of ether oxygens (including phenoxy) is 1. The van der Waals surface area contributed by atoms with Crippen molar-refractivity contribution in [2.24, 2.45) is 0 Å². The van der Waals surface area contributed by atoms with Gasteiger partial charge in [-0.3, -0.25) is 0 Å². The number of aliphatic hydroxyl groups is 1. The van der Waals surface area contributed by atoms with E-state index in [1.807, 2.05) is 0 Å². The molecule has 0 saturated heterocycles. The quantitative estimate of drug-likeness (QED) is 0.692. The van der Waals surface area contributed by atoms with E-state index in [2.05, 4.69) is 9.72 Å². The van der Waals surface area contributed by atoms with Crippen molar-refractivity contribution < 1.29 is 23.4 Å². The van der Waals surface area contributed by atoms with E-state index in [1.54, 1.807) is 0 Å². The fourth-order valence-corrected chi connectivity index (χ4v) is 1.85. The summed E-state index contributed by atoms with van der Waals surface area (Å²) in [6, 6.07) is 5.15. The Morgan fingerprint density at radius 3 is 2.70 bits per heavy atom. The van der Waals surface area contributed by atoms with Crippen LogP contribution in [0.3, 0.4) is 0 Å². The van der Waals surface area contributed by atoms with Crippen molar-refractivity contribution in [1.82, 2.24) is 4.98 Å². The van der Waals surface area contributed by atoms with Crippen molar-refractivity contribution in [3.63, 3.8) is 0 Å². The SMILES string of the molecule is COC(=O)c1ccc(-c2cc(F)ncc2F)c(CO)c1. The fourth-order valence-electron chi connectivity index (χ4n) is 1.85. The van der Waals surface area contributed by atoms with Gasteiger partial charge in [-0.25, -0.2) is 14.2 Å². The van der Waals surface area contributed by atoms with E-state index in [4.69, 9.17) is 0 Å². The van der Waals surface area contributed by atoms with Crippen LogP contribution in [0, 0.1) is 11.8 Å². The number of aromatic nitrogens is 1. The maximum absolute atomic E-state index is 13.7. The average Bonchev–Trinajstić information content (AvgIpc) is 2.48. The van der Waals surface area contributed by atoms with Crippen LogP contribution in [0.5, 0.6) is 0 Å². The van der Waals surface area contributed by atoms with Crippen LogP contribution >= 0.6 is 0 Å². The van der Waals surface area contributed by atoms with Crippen LogP contribution in [0.2, 0.25) is 0 Å². The Morgan fingerprint density at radius 2 is 2.05 bits per heavy atom. The molecule has 2 aromatic rings. The highest BCUT2D eigenvalue weighted by Gasteiger charge is 2.14. The van der Waals surface area contributed by atoms with Crippen LogP contribution in [0.1, 0.15) is 15.9 Å². The molecule has 0 bridgehead atoms. The van der Waals surface area contributed by atoms with E-state index in [0.717, 1.165) is 12.3 Å². The van der Waals surface area contributed by atoms with Gasteiger partial charge in [-0.05, 0) is 23.3 Å². The predicted molar refractivity (Wildman–Crippen MR) is 66.9 cm³/mol. The number of hydrogen-bond donors (Lipinski definition) is 1. The second kappa shape index (κ2) is 5.75. The van der Waals surface area contributed by atoms with Crippen LogP contribution in [0.15, 0.2) is 30.5 Å². The maximum atomic E-state index is 13.7. The Kier molecular flexibility index (Phi) is 4.05. The molecule has 1 aromatic heterocycles. The zero-order valence-electron chi connectivity index (χ0n) is 10.6. The third kappa shape index (κ3) is 2.65. The molecule has 0 atom stereocenters. The molecule has 0 radical (unpaired) electrons. The molecule has 2 rings (SSSR count). The summed E-state index contributed by atoms with van der Waals surface area (Å²) in [5.74, 6) is -2.12. The van der Waals surface area contributed by atoms with Gasteiger partial charge in [-0.2, -0.15) is 4.39 Å². The average molecular weight is 279 g/mol. The summed E-state index contributed by atoms with van der Waals surface area (Å²) >= 11 is 0. The zero-order valence-corrected chi connectivity index (χ0v) is 10.6. The third-order valence-corrected chi connectivity index (χ3v) is 2.81. The topological polar surface area (TPSA) is 59.4 Å². The van der Waals surface area contributed by atoms with Crippen molar-refractivity contribution >= 4 is 5.97 Å². The summed E-state index contributed by atoms with van der Waals surface area (Å²) in [5.41, 5.74) is 0.768. The van der Waals surface area contributed by atoms with Crippen molar-refractivity contribution in [1.29, 1.82) is 0 Å². The number of pyridine rings is 1. The van der Waals surface area contributed by atoms with Crippen LogP contribution < -0.4 is 0 Å².